The molecule has 0 aromatic heterocycles. The highest BCUT2D eigenvalue weighted by Crippen LogP contribution is 2.37. The molecule has 3 rings (SSSR count). The predicted octanol–water partition coefficient (Wildman–Crippen LogP) is 0.558. The Bertz CT molecular complexity index is 811. The quantitative estimate of drug-likeness (QED) is 0.488. The first-order valence-electron chi connectivity index (χ1n) is 8.77. The van der Waals surface area contributed by atoms with Gasteiger partial charge >= 0.3 is 0 Å². The van der Waals surface area contributed by atoms with Gasteiger partial charge in [0, 0.05) is 10.6 Å². The highest BCUT2D eigenvalue weighted by Gasteiger charge is 2.53. The summed E-state index contributed by atoms with van der Waals surface area (Å²) in [6.45, 7) is -0.639. The molecule has 1 saturated heterocycles. The van der Waals surface area contributed by atoms with E-state index in [1.807, 2.05) is 24.3 Å². The lowest BCUT2D eigenvalue weighted by Gasteiger charge is -2.45. The van der Waals surface area contributed by atoms with Gasteiger partial charge < -0.3 is 35.0 Å². The number of hydrogen-bond donors (Lipinski definition) is 5. The summed E-state index contributed by atoms with van der Waals surface area (Å²) in [4.78, 5) is 0. The summed E-state index contributed by atoms with van der Waals surface area (Å²) >= 11 is 6.29. The lowest BCUT2D eigenvalue weighted by atomic mass is 9.87. The Morgan fingerprint density at radius 2 is 1.75 bits per heavy atom. The zero-order valence-electron chi connectivity index (χ0n) is 15.2. The molecule has 8 heteroatoms. The van der Waals surface area contributed by atoms with Crippen molar-refractivity contribution in [3.8, 4) is 5.75 Å². The van der Waals surface area contributed by atoms with Crippen LogP contribution in [-0.2, 0) is 16.9 Å². The summed E-state index contributed by atoms with van der Waals surface area (Å²) in [6, 6.07) is 12.0. The standard InChI is InChI=1S/C20H23ClO7/c1-27-14-5-2-11(3-6-14)8-12-9-13(4-7-15(12)21)20(26)19(25)18(24)17(23)16(10-22)28-20/h2-7,9,16-19,22-26H,8,10H2,1H3/t16-,17-,18+,19-,20+/m1/s1. The molecule has 2 aromatic rings. The van der Waals surface area contributed by atoms with Gasteiger partial charge in [0.1, 0.15) is 30.2 Å². The van der Waals surface area contributed by atoms with Gasteiger partial charge in [-0.2, -0.15) is 0 Å². The Kier molecular flexibility index (Phi) is 6.26. The summed E-state index contributed by atoms with van der Waals surface area (Å²) in [5.74, 6) is -1.59. The highest BCUT2D eigenvalue weighted by molar-refractivity contribution is 6.31. The third kappa shape index (κ3) is 3.88. The first-order valence-corrected chi connectivity index (χ1v) is 9.15. The molecule has 0 spiro atoms. The van der Waals surface area contributed by atoms with Gasteiger partial charge in [-0.3, -0.25) is 0 Å². The molecule has 28 heavy (non-hydrogen) atoms. The minimum atomic E-state index is -2.31. The molecular formula is C20H23ClO7. The van der Waals surface area contributed by atoms with Crippen LogP contribution in [-0.4, -0.2) is 63.7 Å². The van der Waals surface area contributed by atoms with Gasteiger partial charge in [-0.05, 0) is 41.8 Å². The smallest absolute Gasteiger partial charge is 0.222 e. The molecule has 0 bridgehead atoms. The average molecular weight is 411 g/mol. The van der Waals surface area contributed by atoms with Gasteiger partial charge in [0.25, 0.3) is 0 Å². The van der Waals surface area contributed by atoms with Crippen LogP contribution in [0.3, 0.4) is 0 Å². The van der Waals surface area contributed by atoms with Crippen LogP contribution in [0.15, 0.2) is 42.5 Å². The number of rotatable bonds is 5. The van der Waals surface area contributed by atoms with Gasteiger partial charge in [-0.25, -0.2) is 0 Å². The van der Waals surface area contributed by atoms with Crippen LogP contribution in [0.1, 0.15) is 16.7 Å². The zero-order valence-corrected chi connectivity index (χ0v) is 16.0. The van der Waals surface area contributed by atoms with Gasteiger partial charge in [0.05, 0.1) is 13.7 Å². The molecule has 0 saturated carbocycles. The van der Waals surface area contributed by atoms with E-state index in [1.165, 1.54) is 6.07 Å². The monoisotopic (exact) mass is 410 g/mol. The van der Waals surface area contributed by atoms with Gasteiger partial charge in [-0.1, -0.05) is 29.8 Å². The zero-order chi connectivity index (χ0) is 20.5. The molecular weight excluding hydrogens is 388 g/mol. The Labute approximate surface area is 167 Å². The van der Waals surface area contributed by atoms with E-state index < -0.39 is 36.8 Å². The van der Waals surface area contributed by atoms with Crippen molar-refractivity contribution in [3.05, 3.63) is 64.2 Å². The lowest BCUT2D eigenvalue weighted by molar-refractivity contribution is -0.357. The Morgan fingerprint density at radius 1 is 1.07 bits per heavy atom. The van der Waals surface area contributed by atoms with Crippen LogP contribution in [0.2, 0.25) is 5.02 Å². The second kappa shape index (κ2) is 8.34. The number of hydrogen-bond acceptors (Lipinski definition) is 7. The summed E-state index contributed by atoms with van der Waals surface area (Å²) in [5.41, 5.74) is 1.76. The first kappa shape index (κ1) is 21.0. The fourth-order valence-corrected chi connectivity index (χ4v) is 3.47. The Morgan fingerprint density at radius 3 is 2.36 bits per heavy atom. The van der Waals surface area contributed by atoms with Crippen LogP contribution < -0.4 is 4.74 Å². The van der Waals surface area contributed by atoms with Crippen LogP contribution in [0.25, 0.3) is 0 Å². The molecule has 0 radical (unpaired) electrons. The van der Waals surface area contributed by atoms with Crippen molar-refractivity contribution in [3.63, 3.8) is 0 Å². The van der Waals surface area contributed by atoms with Crippen LogP contribution in [0.4, 0.5) is 0 Å². The molecule has 7 nitrogen and oxygen atoms in total. The normalized spacial score (nSPS) is 30.2. The van der Waals surface area contributed by atoms with E-state index in [1.54, 1.807) is 19.2 Å². The van der Waals surface area contributed by atoms with E-state index >= 15 is 0 Å². The topological polar surface area (TPSA) is 120 Å². The summed E-state index contributed by atoms with van der Waals surface area (Å²) in [6.07, 6.45) is -5.87. The third-order valence-electron chi connectivity index (χ3n) is 4.98. The largest absolute Gasteiger partial charge is 0.497 e. The molecule has 0 unspecified atom stereocenters. The molecule has 0 amide bonds. The van der Waals surface area contributed by atoms with E-state index in [0.717, 1.165) is 11.3 Å². The van der Waals surface area contributed by atoms with Crippen molar-refractivity contribution in [1.29, 1.82) is 0 Å². The Balaban J connectivity index is 1.92. The maximum atomic E-state index is 10.9. The molecule has 5 N–H and O–H groups in total. The van der Waals surface area contributed by atoms with Crippen molar-refractivity contribution in [2.45, 2.75) is 36.6 Å². The fourth-order valence-electron chi connectivity index (χ4n) is 3.29. The summed E-state index contributed by atoms with van der Waals surface area (Å²) in [5, 5.41) is 51.0. The van der Waals surface area contributed by atoms with E-state index in [-0.39, 0.29) is 5.56 Å². The predicted molar refractivity (Wildman–Crippen MR) is 101 cm³/mol. The maximum absolute atomic E-state index is 10.9. The lowest BCUT2D eigenvalue weighted by Crippen LogP contribution is -2.63. The van der Waals surface area contributed by atoms with Gasteiger partial charge in [0.2, 0.25) is 5.79 Å². The van der Waals surface area contributed by atoms with Gasteiger partial charge in [-0.15, -0.1) is 0 Å². The minimum Gasteiger partial charge on any atom is -0.497 e. The number of ether oxygens (including phenoxy) is 2. The molecule has 2 aromatic carbocycles. The maximum Gasteiger partial charge on any atom is 0.222 e. The van der Waals surface area contributed by atoms with Crippen LogP contribution >= 0.6 is 11.6 Å². The van der Waals surface area contributed by atoms with Crippen LogP contribution in [0, 0.1) is 0 Å². The molecule has 1 aliphatic rings. The van der Waals surface area contributed by atoms with E-state index in [2.05, 4.69) is 0 Å². The second-order valence-electron chi connectivity index (χ2n) is 6.79. The summed E-state index contributed by atoms with van der Waals surface area (Å²) in [7, 11) is 1.58. The third-order valence-corrected chi connectivity index (χ3v) is 5.35. The summed E-state index contributed by atoms with van der Waals surface area (Å²) < 4.78 is 10.5. The highest BCUT2D eigenvalue weighted by atomic mass is 35.5. The molecule has 1 aliphatic heterocycles. The molecule has 0 aliphatic carbocycles. The fraction of sp³-hybridized carbons (Fsp3) is 0.400. The van der Waals surface area contributed by atoms with Crippen molar-refractivity contribution in [1.82, 2.24) is 0 Å². The molecule has 5 atom stereocenters. The van der Waals surface area contributed by atoms with E-state index in [4.69, 9.17) is 21.1 Å². The van der Waals surface area contributed by atoms with Crippen molar-refractivity contribution in [2.24, 2.45) is 0 Å². The number of methoxy groups -OCH3 is 1. The molecule has 1 heterocycles. The number of halogens is 1. The first-order chi connectivity index (χ1) is 13.3. The van der Waals surface area contributed by atoms with E-state index in [0.29, 0.717) is 17.0 Å². The molecule has 152 valence electrons. The molecule has 1 fully saturated rings. The minimum absolute atomic E-state index is 0.150. The van der Waals surface area contributed by atoms with Gasteiger partial charge in [0.15, 0.2) is 0 Å². The van der Waals surface area contributed by atoms with E-state index in [9.17, 15) is 25.5 Å². The SMILES string of the molecule is COc1ccc(Cc2cc([C@]3(O)O[C@H](CO)[C@@H](O)[C@H](O)[C@H]3O)ccc2Cl)cc1. The number of aliphatic hydroxyl groups excluding tert-OH is 4. The number of benzene rings is 2. The van der Waals surface area contributed by atoms with Crippen molar-refractivity contribution in [2.75, 3.05) is 13.7 Å². The second-order valence-corrected chi connectivity index (χ2v) is 7.20. The average Bonchev–Trinajstić information content (AvgIpc) is 2.71. The Hall–Kier alpha value is -1.71. The number of aliphatic hydroxyl groups is 5. The van der Waals surface area contributed by atoms with Crippen LogP contribution in [0.5, 0.6) is 5.75 Å². The van der Waals surface area contributed by atoms with Crippen molar-refractivity contribution < 1.29 is 35.0 Å². The van der Waals surface area contributed by atoms with Crippen molar-refractivity contribution >= 4 is 11.6 Å².